The van der Waals surface area contributed by atoms with Crippen LogP contribution in [0, 0.1) is 0 Å². The summed E-state index contributed by atoms with van der Waals surface area (Å²) in [5.41, 5.74) is 4.63. The second-order valence-corrected chi connectivity index (χ2v) is 4.98. The number of hydrogen-bond donors (Lipinski definition) is 2. The summed E-state index contributed by atoms with van der Waals surface area (Å²) < 4.78 is 5.09. The largest absolute Gasteiger partial charge is 0.372 e. The van der Waals surface area contributed by atoms with E-state index in [0.29, 0.717) is 19.3 Å². The van der Waals surface area contributed by atoms with Gasteiger partial charge in [-0.1, -0.05) is 32.6 Å². The lowest BCUT2D eigenvalue weighted by Crippen LogP contribution is -2.59. The van der Waals surface area contributed by atoms with Gasteiger partial charge in [-0.15, -0.1) is 0 Å². The number of amides is 2. The molecule has 0 aliphatic heterocycles. The maximum atomic E-state index is 12.1. The van der Waals surface area contributed by atoms with Gasteiger partial charge in [0.25, 0.3) is 0 Å². The molecule has 0 saturated heterocycles. The van der Waals surface area contributed by atoms with Gasteiger partial charge in [0.15, 0.2) is 0 Å². The maximum absolute atomic E-state index is 12.1. The van der Waals surface area contributed by atoms with Crippen molar-refractivity contribution in [3.05, 3.63) is 0 Å². The third-order valence-electron chi connectivity index (χ3n) is 3.74. The average Bonchev–Trinajstić information content (AvgIpc) is 2.57. The molecule has 5 nitrogen and oxygen atoms in total. The minimum atomic E-state index is -0.875. The Balaban J connectivity index is 2.78. The van der Waals surface area contributed by atoms with Crippen LogP contribution in [0.15, 0.2) is 0 Å². The van der Waals surface area contributed by atoms with Gasteiger partial charge in [-0.3, -0.25) is 9.59 Å². The van der Waals surface area contributed by atoms with Gasteiger partial charge < -0.3 is 15.8 Å². The fourth-order valence-corrected chi connectivity index (χ4v) is 2.54. The first kappa shape index (κ1) is 15.0. The van der Waals surface area contributed by atoms with Crippen LogP contribution in [0.1, 0.15) is 51.9 Å². The number of primary amides is 1. The molecule has 0 unspecified atom stereocenters. The van der Waals surface area contributed by atoms with E-state index in [2.05, 4.69) is 5.32 Å². The number of carbonyl (C=O) groups excluding carboxylic acids is 2. The highest BCUT2D eigenvalue weighted by molar-refractivity contribution is 5.91. The van der Waals surface area contributed by atoms with Gasteiger partial charge in [-0.05, 0) is 19.3 Å². The number of nitrogens with one attached hydrogen (secondary N) is 1. The van der Waals surface area contributed by atoms with Crippen LogP contribution in [-0.2, 0) is 14.3 Å². The molecule has 3 N–H and O–H groups in total. The molecule has 0 spiro atoms. The van der Waals surface area contributed by atoms with Crippen molar-refractivity contribution >= 4 is 11.8 Å². The highest BCUT2D eigenvalue weighted by Gasteiger charge is 2.39. The standard InChI is InChI=1S/C13H24N2O3/c1-3-10(18-2)11(16)15-13(12(14)17)8-6-4-5-7-9-13/h10H,3-9H2,1-2H3,(H2,14,17)(H,15,16)/t10-/m0/s1. The van der Waals surface area contributed by atoms with Gasteiger partial charge in [0.05, 0.1) is 0 Å². The SMILES string of the molecule is CC[C@H](OC)C(=O)NC1(C(N)=O)CCCCCC1. The summed E-state index contributed by atoms with van der Waals surface area (Å²) in [6.07, 6.45) is 5.36. The van der Waals surface area contributed by atoms with E-state index in [4.69, 9.17) is 10.5 Å². The van der Waals surface area contributed by atoms with Crippen molar-refractivity contribution in [3.63, 3.8) is 0 Å². The summed E-state index contributed by atoms with van der Waals surface area (Å²) in [6, 6.07) is 0. The summed E-state index contributed by atoms with van der Waals surface area (Å²) in [5, 5.41) is 2.84. The predicted octanol–water partition coefficient (Wildman–Crippen LogP) is 1.11. The molecule has 1 saturated carbocycles. The van der Waals surface area contributed by atoms with Crippen LogP contribution in [0.3, 0.4) is 0 Å². The molecule has 5 heteroatoms. The molecule has 0 aromatic heterocycles. The number of methoxy groups -OCH3 is 1. The van der Waals surface area contributed by atoms with E-state index in [1.54, 1.807) is 0 Å². The number of carbonyl (C=O) groups is 2. The molecular formula is C13H24N2O3. The normalized spacial score (nSPS) is 20.8. The van der Waals surface area contributed by atoms with Crippen molar-refractivity contribution in [1.82, 2.24) is 5.32 Å². The summed E-state index contributed by atoms with van der Waals surface area (Å²) >= 11 is 0. The minimum Gasteiger partial charge on any atom is -0.372 e. The van der Waals surface area contributed by atoms with Crippen LogP contribution in [0.4, 0.5) is 0 Å². The van der Waals surface area contributed by atoms with Crippen LogP contribution >= 0.6 is 0 Å². The highest BCUT2D eigenvalue weighted by atomic mass is 16.5. The zero-order chi connectivity index (χ0) is 13.6. The van der Waals surface area contributed by atoms with Gasteiger partial charge in [0.1, 0.15) is 11.6 Å². The molecular weight excluding hydrogens is 232 g/mol. The van der Waals surface area contributed by atoms with Gasteiger partial charge in [-0.25, -0.2) is 0 Å². The first-order valence-electron chi connectivity index (χ1n) is 6.70. The molecule has 1 aliphatic carbocycles. The van der Waals surface area contributed by atoms with Crippen molar-refractivity contribution in [1.29, 1.82) is 0 Å². The fourth-order valence-electron chi connectivity index (χ4n) is 2.54. The summed E-state index contributed by atoms with van der Waals surface area (Å²) in [7, 11) is 1.50. The van der Waals surface area contributed by atoms with E-state index in [-0.39, 0.29) is 5.91 Å². The Hall–Kier alpha value is -1.10. The molecule has 1 aliphatic rings. The second kappa shape index (κ2) is 6.73. The first-order valence-corrected chi connectivity index (χ1v) is 6.70. The monoisotopic (exact) mass is 256 g/mol. The molecule has 0 radical (unpaired) electrons. The van der Waals surface area contributed by atoms with Crippen molar-refractivity contribution < 1.29 is 14.3 Å². The van der Waals surface area contributed by atoms with E-state index < -0.39 is 17.6 Å². The third-order valence-corrected chi connectivity index (χ3v) is 3.74. The molecule has 1 rings (SSSR count). The van der Waals surface area contributed by atoms with Crippen LogP contribution < -0.4 is 11.1 Å². The van der Waals surface area contributed by atoms with Crippen molar-refractivity contribution in [3.8, 4) is 0 Å². The number of hydrogen-bond acceptors (Lipinski definition) is 3. The van der Waals surface area contributed by atoms with E-state index >= 15 is 0 Å². The van der Waals surface area contributed by atoms with Gasteiger partial charge in [0.2, 0.25) is 11.8 Å². The fraction of sp³-hybridized carbons (Fsp3) is 0.846. The average molecular weight is 256 g/mol. The zero-order valence-corrected chi connectivity index (χ0v) is 11.3. The Morgan fingerprint density at radius 1 is 1.28 bits per heavy atom. The highest BCUT2D eigenvalue weighted by Crippen LogP contribution is 2.27. The van der Waals surface area contributed by atoms with Crippen LogP contribution in [0.2, 0.25) is 0 Å². The van der Waals surface area contributed by atoms with Crippen molar-refractivity contribution in [2.75, 3.05) is 7.11 Å². The molecule has 1 fully saturated rings. The van der Waals surface area contributed by atoms with Crippen LogP contribution in [0.5, 0.6) is 0 Å². The topological polar surface area (TPSA) is 81.4 Å². The molecule has 0 aromatic rings. The van der Waals surface area contributed by atoms with Gasteiger partial charge in [0, 0.05) is 7.11 Å². The van der Waals surface area contributed by atoms with E-state index in [0.717, 1.165) is 25.7 Å². The Labute approximate surface area is 108 Å². The maximum Gasteiger partial charge on any atom is 0.249 e. The number of rotatable bonds is 5. The molecule has 104 valence electrons. The third kappa shape index (κ3) is 3.45. The van der Waals surface area contributed by atoms with Crippen LogP contribution in [-0.4, -0.2) is 30.6 Å². The number of nitrogens with two attached hydrogens (primary N) is 1. The predicted molar refractivity (Wildman–Crippen MR) is 68.9 cm³/mol. The molecule has 0 aromatic carbocycles. The van der Waals surface area contributed by atoms with E-state index in [9.17, 15) is 9.59 Å². The van der Waals surface area contributed by atoms with Crippen LogP contribution in [0.25, 0.3) is 0 Å². The van der Waals surface area contributed by atoms with Gasteiger partial charge >= 0.3 is 0 Å². The lowest BCUT2D eigenvalue weighted by molar-refractivity contribution is -0.138. The summed E-state index contributed by atoms with van der Waals surface area (Å²) in [6.45, 7) is 1.87. The number of ether oxygens (including phenoxy) is 1. The Kier molecular flexibility index (Phi) is 5.59. The molecule has 1 atom stereocenters. The Morgan fingerprint density at radius 2 is 1.83 bits per heavy atom. The molecule has 0 bridgehead atoms. The molecule has 0 heterocycles. The smallest absolute Gasteiger partial charge is 0.249 e. The van der Waals surface area contributed by atoms with Crippen molar-refractivity contribution in [2.24, 2.45) is 5.73 Å². The molecule has 18 heavy (non-hydrogen) atoms. The lowest BCUT2D eigenvalue weighted by atomic mass is 9.89. The second-order valence-electron chi connectivity index (χ2n) is 4.98. The summed E-state index contributed by atoms with van der Waals surface area (Å²) in [4.78, 5) is 23.8. The van der Waals surface area contributed by atoms with E-state index in [1.807, 2.05) is 6.92 Å². The van der Waals surface area contributed by atoms with Gasteiger partial charge in [-0.2, -0.15) is 0 Å². The first-order chi connectivity index (χ1) is 8.55. The Morgan fingerprint density at radius 3 is 2.22 bits per heavy atom. The van der Waals surface area contributed by atoms with Crippen molar-refractivity contribution in [2.45, 2.75) is 63.5 Å². The molecule has 2 amide bonds. The quantitative estimate of drug-likeness (QED) is 0.723. The minimum absolute atomic E-state index is 0.235. The zero-order valence-electron chi connectivity index (χ0n) is 11.3. The Bertz CT molecular complexity index is 293. The van der Waals surface area contributed by atoms with E-state index in [1.165, 1.54) is 7.11 Å². The summed E-state index contributed by atoms with van der Waals surface area (Å²) in [5.74, 6) is -0.663. The lowest BCUT2D eigenvalue weighted by Gasteiger charge is -2.31.